The summed E-state index contributed by atoms with van der Waals surface area (Å²) in [4.78, 5) is 11.0. The van der Waals surface area contributed by atoms with Gasteiger partial charge in [0.1, 0.15) is 0 Å². The van der Waals surface area contributed by atoms with E-state index in [9.17, 15) is 4.79 Å². The highest BCUT2D eigenvalue weighted by molar-refractivity contribution is 5.91. The van der Waals surface area contributed by atoms with E-state index in [0.29, 0.717) is 18.7 Å². The minimum Gasteiger partial charge on any atom is -0.309 e. The second-order valence-corrected chi connectivity index (χ2v) is 5.48. The number of carbonyl (C=O) groups is 1. The molecule has 0 unspecified atom stereocenters. The molecule has 0 aliphatic rings. The Morgan fingerprint density at radius 3 is 2.75 bits per heavy atom. The van der Waals surface area contributed by atoms with Crippen molar-refractivity contribution in [1.82, 2.24) is 15.3 Å². The predicted molar refractivity (Wildman–Crippen MR) is 93.0 cm³/mol. The molecule has 2 rings (SSSR count). The number of nitrogens with zero attached hydrogens (tertiary/aromatic N) is 2. The lowest BCUT2D eigenvalue weighted by atomic mass is 9.89. The van der Waals surface area contributed by atoms with Crippen molar-refractivity contribution >= 4 is 17.7 Å². The van der Waals surface area contributed by atoms with Crippen molar-refractivity contribution in [1.29, 1.82) is 5.41 Å². The Hall–Kier alpha value is -2.73. The van der Waals surface area contributed by atoms with Gasteiger partial charge in [-0.2, -0.15) is 5.10 Å². The van der Waals surface area contributed by atoms with Crippen LogP contribution in [0.1, 0.15) is 36.8 Å². The lowest BCUT2D eigenvalue weighted by Gasteiger charge is -2.17. The fraction of sp³-hybridized carbons (Fsp3) is 0.278. The number of aryl methyl sites for hydroxylation is 1. The van der Waals surface area contributed by atoms with Gasteiger partial charge in [-0.15, -0.1) is 0 Å². The lowest BCUT2D eigenvalue weighted by Crippen LogP contribution is -2.15. The fourth-order valence-electron chi connectivity index (χ4n) is 2.57. The van der Waals surface area contributed by atoms with Crippen LogP contribution in [0.15, 0.2) is 48.8 Å². The Kier molecular flexibility index (Phi) is 6.45. The van der Waals surface area contributed by atoms with E-state index in [2.05, 4.69) is 12.0 Å². The maximum absolute atomic E-state index is 11.0. The highest BCUT2D eigenvalue weighted by Gasteiger charge is 2.15. The Balaban J connectivity index is 2.00. The molecule has 1 heterocycles. The molecule has 0 aliphatic heterocycles. The summed E-state index contributed by atoms with van der Waals surface area (Å²) in [6.45, 7) is 2.78. The van der Waals surface area contributed by atoms with Gasteiger partial charge in [0, 0.05) is 43.1 Å². The van der Waals surface area contributed by atoms with Gasteiger partial charge in [-0.25, -0.2) is 5.48 Å². The zero-order chi connectivity index (χ0) is 17.4. The molecule has 1 aromatic carbocycles. The maximum atomic E-state index is 11.0. The van der Waals surface area contributed by atoms with Gasteiger partial charge in [0.15, 0.2) is 0 Å². The topological polar surface area (TPSA) is 91.0 Å². The van der Waals surface area contributed by atoms with E-state index < -0.39 is 5.91 Å². The minimum absolute atomic E-state index is 0.0827. The second kappa shape index (κ2) is 8.79. The Labute approximate surface area is 141 Å². The number of rotatable bonds is 8. The molecule has 1 aromatic heterocycles. The molecule has 0 bridgehead atoms. The molecular weight excluding hydrogens is 304 g/mol. The fourth-order valence-corrected chi connectivity index (χ4v) is 2.57. The summed E-state index contributed by atoms with van der Waals surface area (Å²) in [5.74, 6) is -0.481. The average Bonchev–Trinajstić information content (AvgIpc) is 3.13. The van der Waals surface area contributed by atoms with Gasteiger partial charge in [0.05, 0.1) is 0 Å². The number of benzene rings is 1. The number of amides is 1. The summed E-state index contributed by atoms with van der Waals surface area (Å²) < 4.78 is 1.83. The lowest BCUT2D eigenvalue weighted by molar-refractivity contribution is -0.124. The predicted octanol–water partition coefficient (Wildman–Crippen LogP) is 3.01. The molecule has 3 N–H and O–H groups in total. The van der Waals surface area contributed by atoms with E-state index >= 15 is 0 Å². The van der Waals surface area contributed by atoms with Crippen LogP contribution in [0.2, 0.25) is 0 Å². The third kappa shape index (κ3) is 4.89. The molecule has 0 radical (unpaired) electrons. The van der Waals surface area contributed by atoms with Crippen LogP contribution in [0.5, 0.6) is 0 Å². The van der Waals surface area contributed by atoms with Gasteiger partial charge in [0.2, 0.25) is 0 Å². The Morgan fingerprint density at radius 2 is 2.17 bits per heavy atom. The number of hydrogen-bond donors (Lipinski definition) is 3. The van der Waals surface area contributed by atoms with Crippen LogP contribution in [-0.2, 0) is 11.3 Å². The highest BCUT2D eigenvalue weighted by atomic mass is 16.5. The van der Waals surface area contributed by atoms with Crippen molar-refractivity contribution in [3.05, 3.63) is 59.9 Å². The summed E-state index contributed by atoms with van der Waals surface area (Å²) in [5, 5.41) is 21.0. The summed E-state index contributed by atoms with van der Waals surface area (Å²) in [6.07, 6.45) is 8.05. The van der Waals surface area contributed by atoms with Crippen LogP contribution in [0.25, 0.3) is 6.08 Å². The molecule has 0 spiro atoms. The van der Waals surface area contributed by atoms with Crippen LogP contribution in [0.3, 0.4) is 0 Å². The molecule has 24 heavy (non-hydrogen) atoms. The molecule has 1 atom stereocenters. The molecule has 6 heteroatoms. The molecule has 126 valence electrons. The van der Waals surface area contributed by atoms with Crippen molar-refractivity contribution in [3.8, 4) is 0 Å². The average molecular weight is 326 g/mol. The Bertz CT molecular complexity index is 690. The third-order valence-electron chi connectivity index (χ3n) is 3.87. The highest BCUT2D eigenvalue weighted by Crippen LogP contribution is 2.23. The zero-order valence-corrected chi connectivity index (χ0v) is 13.6. The first-order valence-electron chi connectivity index (χ1n) is 7.91. The largest absolute Gasteiger partial charge is 0.309 e. The number of nitrogens with one attached hydrogen (secondary N) is 2. The molecule has 0 fully saturated rings. The normalized spacial score (nSPS) is 12.2. The molecule has 6 nitrogen and oxygen atoms in total. The monoisotopic (exact) mass is 326 g/mol. The summed E-state index contributed by atoms with van der Waals surface area (Å²) in [6, 6.07) is 9.64. The van der Waals surface area contributed by atoms with Gasteiger partial charge < -0.3 is 5.41 Å². The van der Waals surface area contributed by atoms with E-state index in [1.165, 1.54) is 6.08 Å². The van der Waals surface area contributed by atoms with Gasteiger partial charge in [-0.3, -0.25) is 14.7 Å². The molecule has 1 amide bonds. The molecule has 0 saturated heterocycles. The van der Waals surface area contributed by atoms with E-state index in [0.717, 1.165) is 17.5 Å². The number of hydrogen-bond acceptors (Lipinski definition) is 4. The molecule has 0 aliphatic carbocycles. The number of carbonyl (C=O) groups excluding carboxylic acids is 1. The molecular formula is C18H22N4O2. The van der Waals surface area contributed by atoms with Gasteiger partial charge in [-0.05, 0) is 29.7 Å². The van der Waals surface area contributed by atoms with Crippen molar-refractivity contribution in [2.75, 3.05) is 0 Å². The summed E-state index contributed by atoms with van der Waals surface area (Å²) in [5.41, 5.74) is 4.20. The van der Waals surface area contributed by atoms with Crippen molar-refractivity contribution < 1.29 is 10.0 Å². The van der Waals surface area contributed by atoms with Gasteiger partial charge in [0.25, 0.3) is 5.91 Å². The quantitative estimate of drug-likeness (QED) is 0.301. The van der Waals surface area contributed by atoms with Crippen LogP contribution in [0.4, 0.5) is 0 Å². The van der Waals surface area contributed by atoms with E-state index in [1.807, 2.05) is 41.2 Å². The zero-order valence-electron chi connectivity index (χ0n) is 13.6. The maximum Gasteiger partial charge on any atom is 0.267 e. The number of aromatic nitrogens is 2. The van der Waals surface area contributed by atoms with Crippen molar-refractivity contribution in [2.24, 2.45) is 0 Å². The minimum atomic E-state index is -0.564. The van der Waals surface area contributed by atoms with Crippen LogP contribution in [-0.4, -0.2) is 26.6 Å². The van der Waals surface area contributed by atoms with Gasteiger partial charge in [-0.1, -0.05) is 31.2 Å². The number of hydroxylamine groups is 1. The van der Waals surface area contributed by atoms with Crippen LogP contribution >= 0.6 is 0 Å². The first-order chi connectivity index (χ1) is 11.6. The van der Waals surface area contributed by atoms with Crippen molar-refractivity contribution in [3.63, 3.8) is 0 Å². The smallest absolute Gasteiger partial charge is 0.267 e. The molecule has 0 saturated carbocycles. The third-order valence-corrected chi connectivity index (χ3v) is 3.87. The van der Waals surface area contributed by atoms with E-state index in [1.54, 1.807) is 17.8 Å². The Morgan fingerprint density at radius 1 is 1.42 bits per heavy atom. The van der Waals surface area contributed by atoms with Crippen molar-refractivity contribution in [2.45, 2.75) is 32.2 Å². The molecule has 2 aromatic rings. The van der Waals surface area contributed by atoms with E-state index in [-0.39, 0.29) is 5.92 Å². The summed E-state index contributed by atoms with van der Waals surface area (Å²) in [7, 11) is 0. The van der Waals surface area contributed by atoms with Gasteiger partial charge >= 0.3 is 0 Å². The van der Waals surface area contributed by atoms with Crippen LogP contribution in [0, 0.1) is 5.41 Å². The van der Waals surface area contributed by atoms with Crippen LogP contribution < -0.4 is 5.48 Å². The first kappa shape index (κ1) is 17.6. The standard InChI is InChI=1S/C18H22N4O2/c1-2-16(17(19)10-13-22-12-3-11-20-22)15-7-4-14(5-8-15)6-9-18(23)21-24/h3-9,11-12,16,19,24H,2,10,13H2,1H3,(H,21,23)/t16-/m0/s1. The second-order valence-electron chi connectivity index (χ2n) is 5.48. The first-order valence-corrected chi connectivity index (χ1v) is 7.91. The summed E-state index contributed by atoms with van der Waals surface area (Å²) >= 11 is 0. The SMILES string of the molecule is CC[C@H](C(=N)CCn1cccn1)c1ccc(C=CC(=O)NO)cc1. The van der Waals surface area contributed by atoms with E-state index in [4.69, 9.17) is 10.6 Å².